The van der Waals surface area contributed by atoms with Gasteiger partial charge in [0.05, 0.1) is 11.4 Å². The molecule has 0 aliphatic heterocycles. The highest BCUT2D eigenvalue weighted by molar-refractivity contribution is 5.62. The highest BCUT2D eigenvalue weighted by atomic mass is 19.1. The van der Waals surface area contributed by atoms with Crippen LogP contribution in [0.3, 0.4) is 0 Å². The van der Waals surface area contributed by atoms with Crippen molar-refractivity contribution in [3.05, 3.63) is 23.5 Å². The molecule has 12 heavy (non-hydrogen) atoms. The Labute approximate surface area is 70.4 Å². The Balaban J connectivity index is 3.29. The molecular weight excluding hydrogens is 155 g/mol. The van der Waals surface area contributed by atoms with Crippen molar-refractivity contribution in [2.24, 2.45) is 0 Å². The Morgan fingerprint density at radius 1 is 1.25 bits per heavy atom. The molecule has 3 heteroatoms. The molecular formula is C9H9FN2. The van der Waals surface area contributed by atoms with Crippen molar-refractivity contribution in [2.75, 3.05) is 11.5 Å². The number of nitrogens with two attached hydrogens (primary N) is 2. The van der Waals surface area contributed by atoms with Crippen molar-refractivity contribution in [3.63, 3.8) is 0 Å². The summed E-state index contributed by atoms with van der Waals surface area (Å²) in [7, 11) is 0. The Bertz CT molecular complexity index is 361. The van der Waals surface area contributed by atoms with E-state index in [1.54, 1.807) is 6.92 Å². The minimum Gasteiger partial charge on any atom is -0.398 e. The molecule has 0 heterocycles. The van der Waals surface area contributed by atoms with Crippen LogP contribution in [-0.2, 0) is 0 Å². The molecule has 0 fully saturated rings. The zero-order valence-electron chi connectivity index (χ0n) is 6.69. The third-order valence-corrected chi connectivity index (χ3v) is 1.43. The lowest BCUT2D eigenvalue weighted by Gasteiger charge is -2.00. The van der Waals surface area contributed by atoms with Crippen LogP contribution in [0.2, 0.25) is 0 Å². The lowest BCUT2D eigenvalue weighted by molar-refractivity contribution is 0.633. The summed E-state index contributed by atoms with van der Waals surface area (Å²) in [5.41, 5.74) is 11.8. The molecule has 1 aromatic carbocycles. The molecule has 0 unspecified atom stereocenters. The fraction of sp³-hybridized carbons (Fsp3) is 0.111. The van der Waals surface area contributed by atoms with Gasteiger partial charge in [-0.25, -0.2) is 4.39 Å². The third kappa shape index (κ3) is 1.48. The van der Waals surface area contributed by atoms with Crippen LogP contribution in [0, 0.1) is 17.7 Å². The van der Waals surface area contributed by atoms with Gasteiger partial charge in [0.1, 0.15) is 5.82 Å². The molecule has 0 aromatic heterocycles. The van der Waals surface area contributed by atoms with E-state index in [4.69, 9.17) is 11.5 Å². The van der Waals surface area contributed by atoms with E-state index in [-0.39, 0.29) is 5.69 Å². The monoisotopic (exact) mass is 164 g/mol. The minimum atomic E-state index is -0.505. The minimum absolute atomic E-state index is 0.0713. The smallest absolute Gasteiger partial charge is 0.148 e. The van der Waals surface area contributed by atoms with Crippen LogP contribution in [0.15, 0.2) is 12.1 Å². The number of halogens is 1. The predicted molar refractivity (Wildman–Crippen MR) is 47.8 cm³/mol. The van der Waals surface area contributed by atoms with Gasteiger partial charge >= 0.3 is 0 Å². The lowest BCUT2D eigenvalue weighted by atomic mass is 10.1. The molecule has 62 valence electrons. The van der Waals surface area contributed by atoms with E-state index in [0.29, 0.717) is 11.3 Å². The first-order valence-corrected chi connectivity index (χ1v) is 3.42. The maximum atomic E-state index is 12.7. The van der Waals surface area contributed by atoms with Crippen LogP contribution < -0.4 is 11.5 Å². The van der Waals surface area contributed by atoms with Crippen LogP contribution in [0.4, 0.5) is 15.8 Å². The van der Waals surface area contributed by atoms with Crippen molar-refractivity contribution in [3.8, 4) is 11.8 Å². The summed E-state index contributed by atoms with van der Waals surface area (Å²) in [6.45, 7) is 1.68. The number of hydrogen-bond donors (Lipinski definition) is 2. The second-order valence-electron chi connectivity index (χ2n) is 2.34. The van der Waals surface area contributed by atoms with Crippen molar-refractivity contribution < 1.29 is 4.39 Å². The zero-order valence-corrected chi connectivity index (χ0v) is 6.69. The van der Waals surface area contributed by atoms with E-state index in [1.807, 2.05) is 0 Å². The number of benzene rings is 1. The van der Waals surface area contributed by atoms with E-state index < -0.39 is 5.82 Å². The van der Waals surface area contributed by atoms with E-state index in [0.717, 1.165) is 0 Å². The number of nitrogen functional groups attached to an aromatic ring is 2. The van der Waals surface area contributed by atoms with Crippen LogP contribution in [-0.4, -0.2) is 0 Å². The van der Waals surface area contributed by atoms with Crippen molar-refractivity contribution >= 4 is 11.4 Å². The second-order valence-corrected chi connectivity index (χ2v) is 2.34. The Morgan fingerprint density at radius 3 is 2.50 bits per heavy atom. The van der Waals surface area contributed by atoms with Crippen molar-refractivity contribution in [1.82, 2.24) is 0 Å². The maximum Gasteiger partial charge on any atom is 0.148 e. The second kappa shape index (κ2) is 3.14. The first-order valence-electron chi connectivity index (χ1n) is 3.42. The summed E-state index contributed by atoms with van der Waals surface area (Å²) in [5.74, 6) is 4.88. The highest BCUT2D eigenvalue weighted by Crippen LogP contribution is 2.18. The molecule has 0 bridgehead atoms. The van der Waals surface area contributed by atoms with E-state index in [1.165, 1.54) is 12.1 Å². The average molecular weight is 164 g/mol. The Kier molecular flexibility index (Phi) is 2.20. The number of hydrogen-bond acceptors (Lipinski definition) is 2. The SMILES string of the molecule is CC#Cc1cc(N)c(F)cc1N. The third-order valence-electron chi connectivity index (χ3n) is 1.43. The van der Waals surface area contributed by atoms with Crippen molar-refractivity contribution in [1.29, 1.82) is 0 Å². The Hall–Kier alpha value is -1.69. The average Bonchev–Trinajstić information content (AvgIpc) is 2.01. The van der Waals surface area contributed by atoms with Gasteiger partial charge in [0, 0.05) is 11.6 Å². The topological polar surface area (TPSA) is 52.0 Å². The fourth-order valence-corrected chi connectivity index (χ4v) is 0.848. The number of rotatable bonds is 0. The summed E-state index contributed by atoms with van der Waals surface area (Å²) in [6.07, 6.45) is 0. The first kappa shape index (κ1) is 8.41. The van der Waals surface area contributed by atoms with Gasteiger partial charge in [-0.1, -0.05) is 5.92 Å². The molecule has 0 saturated heterocycles. The molecule has 2 nitrogen and oxygen atoms in total. The van der Waals surface area contributed by atoms with Gasteiger partial charge in [-0.15, -0.1) is 5.92 Å². The zero-order chi connectivity index (χ0) is 9.14. The molecule has 0 saturated carbocycles. The molecule has 0 spiro atoms. The van der Waals surface area contributed by atoms with E-state index in [9.17, 15) is 4.39 Å². The molecule has 0 radical (unpaired) electrons. The highest BCUT2D eigenvalue weighted by Gasteiger charge is 2.02. The molecule has 1 rings (SSSR count). The fourth-order valence-electron chi connectivity index (χ4n) is 0.848. The summed E-state index contributed by atoms with van der Waals surface area (Å²) < 4.78 is 12.7. The van der Waals surface area contributed by atoms with Gasteiger partial charge in [-0.2, -0.15) is 0 Å². The Morgan fingerprint density at radius 2 is 1.92 bits per heavy atom. The van der Waals surface area contributed by atoms with Gasteiger partial charge < -0.3 is 11.5 Å². The lowest BCUT2D eigenvalue weighted by Crippen LogP contribution is -1.96. The maximum absolute atomic E-state index is 12.7. The van der Waals surface area contributed by atoms with Gasteiger partial charge in [-0.3, -0.25) is 0 Å². The van der Waals surface area contributed by atoms with Crippen LogP contribution in [0.5, 0.6) is 0 Å². The normalized spacial score (nSPS) is 8.83. The molecule has 0 atom stereocenters. The molecule has 0 aliphatic rings. The molecule has 1 aromatic rings. The van der Waals surface area contributed by atoms with Crippen molar-refractivity contribution in [2.45, 2.75) is 6.92 Å². The summed E-state index contributed by atoms with van der Waals surface area (Å²) >= 11 is 0. The van der Waals surface area contributed by atoms with Gasteiger partial charge in [-0.05, 0) is 13.0 Å². The molecule has 0 amide bonds. The largest absolute Gasteiger partial charge is 0.398 e. The summed E-state index contributed by atoms with van der Waals surface area (Å²) in [4.78, 5) is 0. The molecule has 4 N–H and O–H groups in total. The van der Waals surface area contributed by atoms with E-state index >= 15 is 0 Å². The van der Waals surface area contributed by atoms with Crippen LogP contribution in [0.25, 0.3) is 0 Å². The standard InChI is InChI=1S/C9H9FN2/c1-2-3-6-4-9(12)7(10)5-8(6)11/h4-5H,11-12H2,1H3. The first-order chi connectivity index (χ1) is 5.65. The van der Waals surface area contributed by atoms with Crippen LogP contribution in [0.1, 0.15) is 12.5 Å². The predicted octanol–water partition coefficient (Wildman–Crippen LogP) is 1.36. The van der Waals surface area contributed by atoms with Crippen LogP contribution >= 0.6 is 0 Å². The quantitative estimate of drug-likeness (QED) is 0.449. The summed E-state index contributed by atoms with van der Waals surface area (Å²) in [5, 5.41) is 0. The summed E-state index contributed by atoms with van der Waals surface area (Å²) in [6, 6.07) is 2.61. The molecule has 0 aliphatic carbocycles. The van der Waals surface area contributed by atoms with Gasteiger partial charge in [0.15, 0.2) is 0 Å². The van der Waals surface area contributed by atoms with Gasteiger partial charge in [0.25, 0.3) is 0 Å². The van der Waals surface area contributed by atoms with E-state index in [2.05, 4.69) is 11.8 Å². The van der Waals surface area contributed by atoms with Gasteiger partial charge in [0.2, 0.25) is 0 Å². The number of anilines is 2.